The summed E-state index contributed by atoms with van der Waals surface area (Å²) in [5.74, 6) is 1.18. The van der Waals surface area contributed by atoms with Crippen LogP contribution < -0.4 is 5.32 Å². The van der Waals surface area contributed by atoms with Crippen molar-refractivity contribution in [1.29, 1.82) is 0 Å². The molecule has 7 heteroatoms. The minimum Gasteiger partial charge on any atom is -0.384 e. The number of anilines is 1. The second-order valence-corrected chi connectivity index (χ2v) is 6.01. The lowest BCUT2D eigenvalue weighted by atomic mass is 10.1. The van der Waals surface area contributed by atoms with Crippen molar-refractivity contribution in [3.8, 4) is 0 Å². The number of nitro benzene ring substituents is 1. The molecule has 0 aliphatic carbocycles. The fraction of sp³-hybridized carbons (Fsp3) is 0.308. The van der Waals surface area contributed by atoms with E-state index in [-0.39, 0.29) is 5.69 Å². The first kappa shape index (κ1) is 14.4. The van der Waals surface area contributed by atoms with Gasteiger partial charge < -0.3 is 5.32 Å². The zero-order chi connectivity index (χ0) is 14.5. The summed E-state index contributed by atoms with van der Waals surface area (Å²) in [6.45, 7) is 2.43. The molecule has 6 nitrogen and oxygen atoms in total. The SMILES string of the molecule is CCS(=O)CCNc1ccnc2c([N+](=O)[O-])cccc12. The van der Waals surface area contributed by atoms with E-state index >= 15 is 0 Å². The normalized spacial score (nSPS) is 12.2. The van der Waals surface area contributed by atoms with Crippen molar-refractivity contribution in [2.24, 2.45) is 0 Å². The van der Waals surface area contributed by atoms with E-state index in [2.05, 4.69) is 10.3 Å². The summed E-state index contributed by atoms with van der Waals surface area (Å²) in [6.07, 6.45) is 1.54. The number of nitrogens with zero attached hydrogens (tertiary/aromatic N) is 2. The Balaban J connectivity index is 2.28. The van der Waals surface area contributed by atoms with Gasteiger partial charge in [-0.25, -0.2) is 4.98 Å². The largest absolute Gasteiger partial charge is 0.384 e. The molecule has 1 unspecified atom stereocenters. The maximum absolute atomic E-state index is 11.4. The molecule has 0 fully saturated rings. The molecule has 20 heavy (non-hydrogen) atoms. The smallest absolute Gasteiger partial charge is 0.295 e. The standard InChI is InChI=1S/C13H15N3O3S/c1-2-20(19)9-8-14-11-6-7-15-13-10(11)4-3-5-12(13)16(17)18/h3-7H,2,8-9H2,1H3,(H,14,15). The van der Waals surface area contributed by atoms with Gasteiger partial charge in [0.15, 0.2) is 0 Å². The van der Waals surface area contributed by atoms with Crippen LogP contribution >= 0.6 is 0 Å². The van der Waals surface area contributed by atoms with Gasteiger partial charge in [0.1, 0.15) is 5.52 Å². The van der Waals surface area contributed by atoms with E-state index in [1.165, 1.54) is 12.3 Å². The lowest BCUT2D eigenvalue weighted by molar-refractivity contribution is -0.383. The summed E-state index contributed by atoms with van der Waals surface area (Å²) < 4.78 is 11.4. The van der Waals surface area contributed by atoms with Crippen LogP contribution in [0.15, 0.2) is 30.5 Å². The summed E-state index contributed by atoms with van der Waals surface area (Å²) in [6, 6.07) is 6.62. The van der Waals surface area contributed by atoms with Crippen LogP contribution in [0.4, 0.5) is 11.4 Å². The number of benzene rings is 1. The van der Waals surface area contributed by atoms with Gasteiger partial charge >= 0.3 is 0 Å². The first-order valence-electron chi connectivity index (χ1n) is 6.24. The van der Waals surface area contributed by atoms with Crippen LogP contribution in [0.1, 0.15) is 6.92 Å². The number of fused-ring (bicyclic) bond motifs is 1. The zero-order valence-corrected chi connectivity index (χ0v) is 11.9. The molecule has 1 heterocycles. The van der Waals surface area contributed by atoms with Gasteiger partial charge in [0.25, 0.3) is 5.69 Å². The minimum absolute atomic E-state index is 0.0108. The van der Waals surface area contributed by atoms with Crippen molar-refractivity contribution in [3.05, 3.63) is 40.6 Å². The molecule has 1 aromatic carbocycles. The number of pyridine rings is 1. The van der Waals surface area contributed by atoms with Gasteiger partial charge in [0.2, 0.25) is 0 Å². The van der Waals surface area contributed by atoms with E-state index in [1.54, 1.807) is 18.2 Å². The Morgan fingerprint density at radius 1 is 1.40 bits per heavy atom. The van der Waals surface area contributed by atoms with Gasteiger partial charge in [-0.2, -0.15) is 0 Å². The minimum atomic E-state index is -0.832. The topological polar surface area (TPSA) is 85.1 Å². The number of para-hydroxylation sites is 1. The van der Waals surface area contributed by atoms with Gasteiger partial charge in [0.05, 0.1) is 4.92 Å². The van der Waals surface area contributed by atoms with E-state index in [0.29, 0.717) is 29.0 Å². The van der Waals surface area contributed by atoms with E-state index in [1.807, 2.05) is 6.92 Å². The van der Waals surface area contributed by atoms with Crippen LogP contribution in [-0.2, 0) is 10.8 Å². The molecule has 2 aromatic rings. The number of non-ortho nitro benzene ring substituents is 1. The lowest BCUT2D eigenvalue weighted by Crippen LogP contribution is -2.12. The predicted molar refractivity (Wildman–Crippen MR) is 80.4 cm³/mol. The molecule has 1 aromatic heterocycles. The van der Waals surface area contributed by atoms with Gasteiger partial charge in [-0.15, -0.1) is 0 Å². The van der Waals surface area contributed by atoms with Crippen molar-refractivity contribution < 1.29 is 9.13 Å². The van der Waals surface area contributed by atoms with Crippen molar-refractivity contribution >= 4 is 33.1 Å². The highest BCUT2D eigenvalue weighted by atomic mass is 32.2. The molecule has 0 saturated carbocycles. The Bertz CT molecular complexity index is 660. The third kappa shape index (κ3) is 3.11. The van der Waals surface area contributed by atoms with Crippen LogP contribution in [0.25, 0.3) is 10.9 Å². The highest BCUT2D eigenvalue weighted by Crippen LogP contribution is 2.28. The van der Waals surface area contributed by atoms with E-state index < -0.39 is 15.7 Å². The summed E-state index contributed by atoms with van der Waals surface area (Å²) in [4.78, 5) is 14.6. The van der Waals surface area contributed by atoms with Crippen molar-refractivity contribution in [2.75, 3.05) is 23.4 Å². The van der Waals surface area contributed by atoms with Crippen LogP contribution in [0, 0.1) is 10.1 Å². The molecule has 2 rings (SSSR count). The van der Waals surface area contributed by atoms with Gasteiger partial charge in [-0.05, 0) is 6.07 Å². The molecule has 0 bridgehead atoms. The molecule has 1 atom stereocenters. The Kier molecular flexibility index (Phi) is 4.62. The highest BCUT2D eigenvalue weighted by molar-refractivity contribution is 7.84. The first-order chi connectivity index (χ1) is 9.63. The molecule has 0 aliphatic heterocycles. The summed E-state index contributed by atoms with van der Waals surface area (Å²) >= 11 is 0. The Hall–Kier alpha value is -2.02. The van der Waals surface area contributed by atoms with Gasteiger partial charge in [-0.1, -0.05) is 19.1 Å². The number of hydrogen-bond acceptors (Lipinski definition) is 5. The Morgan fingerprint density at radius 3 is 2.90 bits per heavy atom. The summed E-state index contributed by atoms with van der Waals surface area (Å²) in [7, 11) is -0.832. The number of nitro groups is 1. The molecule has 106 valence electrons. The van der Waals surface area contributed by atoms with Gasteiger partial charge in [-0.3, -0.25) is 14.3 Å². The molecule has 0 spiro atoms. The number of aromatic nitrogens is 1. The second-order valence-electron chi connectivity index (χ2n) is 4.15. The summed E-state index contributed by atoms with van der Waals surface area (Å²) in [5.41, 5.74) is 1.12. The quantitative estimate of drug-likeness (QED) is 0.652. The van der Waals surface area contributed by atoms with E-state index in [9.17, 15) is 14.3 Å². The van der Waals surface area contributed by atoms with Crippen molar-refractivity contribution in [1.82, 2.24) is 4.98 Å². The number of nitrogens with one attached hydrogen (secondary N) is 1. The fourth-order valence-corrected chi connectivity index (χ4v) is 2.52. The third-order valence-corrected chi connectivity index (χ3v) is 4.22. The van der Waals surface area contributed by atoms with Gasteiger partial charge in [0, 0.05) is 52.2 Å². The lowest BCUT2D eigenvalue weighted by Gasteiger charge is -2.09. The highest BCUT2D eigenvalue weighted by Gasteiger charge is 2.14. The molecule has 0 amide bonds. The molecule has 1 N–H and O–H groups in total. The fourth-order valence-electron chi connectivity index (χ4n) is 1.91. The predicted octanol–water partition coefficient (Wildman–Crippen LogP) is 2.32. The van der Waals surface area contributed by atoms with Crippen LogP contribution in [0.5, 0.6) is 0 Å². The average Bonchev–Trinajstić information content (AvgIpc) is 2.46. The third-order valence-electron chi connectivity index (χ3n) is 2.91. The zero-order valence-electron chi connectivity index (χ0n) is 11.0. The van der Waals surface area contributed by atoms with E-state index in [0.717, 1.165) is 5.69 Å². The van der Waals surface area contributed by atoms with Crippen LogP contribution in [0.3, 0.4) is 0 Å². The van der Waals surface area contributed by atoms with E-state index in [4.69, 9.17) is 0 Å². The second kappa shape index (κ2) is 6.42. The number of rotatable bonds is 6. The van der Waals surface area contributed by atoms with Crippen LogP contribution in [0.2, 0.25) is 0 Å². The average molecular weight is 293 g/mol. The molecule has 0 radical (unpaired) electrons. The first-order valence-corrected chi connectivity index (χ1v) is 7.73. The molecular formula is C13H15N3O3S. The maximum Gasteiger partial charge on any atom is 0.295 e. The maximum atomic E-state index is 11.4. The molecular weight excluding hydrogens is 278 g/mol. The summed E-state index contributed by atoms with van der Waals surface area (Å²) in [5, 5.41) is 14.8. The van der Waals surface area contributed by atoms with Crippen molar-refractivity contribution in [3.63, 3.8) is 0 Å². The van der Waals surface area contributed by atoms with Crippen LogP contribution in [-0.4, -0.2) is 32.2 Å². The van der Waals surface area contributed by atoms with Crippen molar-refractivity contribution in [2.45, 2.75) is 6.92 Å². The molecule has 0 saturated heterocycles. The monoisotopic (exact) mass is 293 g/mol. The molecule has 0 aliphatic rings. The Morgan fingerprint density at radius 2 is 2.20 bits per heavy atom. The number of hydrogen-bond donors (Lipinski definition) is 1. The Labute approximate surface area is 118 Å².